The number of hydrogen-bond donors (Lipinski definition) is 1. The summed E-state index contributed by atoms with van der Waals surface area (Å²) < 4.78 is 14.0. The van der Waals surface area contributed by atoms with Crippen molar-refractivity contribution in [1.82, 2.24) is 0 Å². The Bertz CT molecular complexity index is 321. The Morgan fingerprint density at radius 3 is 2.77 bits per heavy atom. The third-order valence-corrected chi connectivity index (χ3v) is 2.67. The van der Waals surface area contributed by atoms with E-state index in [4.69, 9.17) is 17.5 Å². The van der Waals surface area contributed by atoms with E-state index >= 15 is 0 Å². The fourth-order valence-corrected chi connectivity index (χ4v) is 1.78. The molecule has 0 amide bonds. The van der Waals surface area contributed by atoms with E-state index in [1.165, 1.54) is 6.07 Å². The van der Waals surface area contributed by atoms with E-state index in [1.54, 1.807) is 13.0 Å². The van der Waals surface area contributed by atoms with Crippen LogP contribution in [0.1, 0.15) is 18.6 Å². The first kappa shape index (κ1) is 10.9. The second kappa shape index (κ2) is 4.37. The molecule has 0 bridgehead atoms. The quantitative estimate of drug-likeness (QED) is 0.660. The van der Waals surface area contributed by atoms with Crippen molar-refractivity contribution >= 4 is 27.5 Å². The molecule has 0 aliphatic carbocycles. The van der Waals surface area contributed by atoms with Crippen LogP contribution in [-0.4, -0.2) is 0 Å². The Hall–Kier alpha value is -0.160. The molecule has 0 heterocycles. The molecule has 1 atom stereocenters. The minimum atomic E-state index is -0.534. The van der Waals surface area contributed by atoms with E-state index in [-0.39, 0.29) is 5.02 Å². The topological polar surface area (TPSA) is 35.2 Å². The Balaban J connectivity index is 3.25. The zero-order valence-electron chi connectivity index (χ0n) is 6.85. The molecule has 0 fully saturated rings. The maximum Gasteiger partial charge on any atom is 0.148 e. The lowest BCUT2D eigenvalue weighted by Crippen LogP contribution is -2.08. The van der Waals surface area contributed by atoms with Crippen LogP contribution in [0.2, 0.25) is 5.02 Å². The highest BCUT2D eigenvalue weighted by atomic mass is 79.9. The Labute approximate surface area is 88.9 Å². The average molecular weight is 269 g/mol. The smallest absolute Gasteiger partial charge is 0.148 e. The molecule has 0 radical (unpaired) electrons. The number of rotatable bonds is 2. The molecule has 5 heteroatoms. The molecule has 0 aliphatic rings. The highest BCUT2D eigenvalue weighted by molar-refractivity contribution is 9.10. The molecule has 0 saturated carbocycles. The standard InChI is InChI=1S/C8H8BrClFNO/c1-4(13-12)7-5(9)2-3-6(10)8(7)11/h2-4H,12H2,1H3. The lowest BCUT2D eigenvalue weighted by Gasteiger charge is -2.12. The summed E-state index contributed by atoms with van der Waals surface area (Å²) in [5.74, 6) is 4.46. The highest BCUT2D eigenvalue weighted by Gasteiger charge is 2.16. The largest absolute Gasteiger partial charge is 0.297 e. The fraction of sp³-hybridized carbons (Fsp3) is 0.250. The number of halogens is 3. The van der Waals surface area contributed by atoms with Crippen LogP contribution in [0.4, 0.5) is 4.39 Å². The van der Waals surface area contributed by atoms with Gasteiger partial charge in [0.15, 0.2) is 0 Å². The van der Waals surface area contributed by atoms with Gasteiger partial charge in [0.1, 0.15) is 11.9 Å². The summed E-state index contributed by atoms with van der Waals surface area (Å²) >= 11 is 8.78. The van der Waals surface area contributed by atoms with Gasteiger partial charge in [0.05, 0.1) is 5.02 Å². The molecular formula is C8H8BrClFNO. The Kier molecular flexibility index (Phi) is 3.67. The molecule has 0 aromatic heterocycles. The van der Waals surface area contributed by atoms with E-state index in [9.17, 15) is 4.39 Å². The van der Waals surface area contributed by atoms with Crippen LogP contribution in [0.15, 0.2) is 16.6 Å². The van der Waals surface area contributed by atoms with Gasteiger partial charge in [-0.2, -0.15) is 0 Å². The van der Waals surface area contributed by atoms with Crippen LogP contribution in [0.5, 0.6) is 0 Å². The molecular weight excluding hydrogens is 260 g/mol. The van der Waals surface area contributed by atoms with Gasteiger partial charge in [-0.1, -0.05) is 27.5 Å². The summed E-state index contributed by atoms with van der Waals surface area (Å²) in [6, 6.07) is 3.12. The molecule has 1 aromatic carbocycles. The number of hydrogen-bond acceptors (Lipinski definition) is 2. The van der Waals surface area contributed by atoms with Gasteiger partial charge in [-0.15, -0.1) is 0 Å². The van der Waals surface area contributed by atoms with E-state index in [0.717, 1.165) is 0 Å². The molecule has 2 nitrogen and oxygen atoms in total. The van der Waals surface area contributed by atoms with Gasteiger partial charge < -0.3 is 0 Å². The highest BCUT2D eigenvalue weighted by Crippen LogP contribution is 2.31. The van der Waals surface area contributed by atoms with Crippen molar-refractivity contribution in [2.45, 2.75) is 13.0 Å². The van der Waals surface area contributed by atoms with Crippen molar-refractivity contribution in [3.8, 4) is 0 Å². The molecule has 0 spiro atoms. The number of benzene rings is 1. The van der Waals surface area contributed by atoms with E-state index in [0.29, 0.717) is 10.0 Å². The van der Waals surface area contributed by atoms with E-state index in [2.05, 4.69) is 20.8 Å². The molecule has 1 rings (SSSR count). The normalized spacial score (nSPS) is 13.0. The van der Waals surface area contributed by atoms with Gasteiger partial charge >= 0.3 is 0 Å². The summed E-state index contributed by atoms with van der Waals surface area (Å²) in [4.78, 5) is 4.52. The van der Waals surface area contributed by atoms with Crippen LogP contribution >= 0.6 is 27.5 Å². The second-order valence-corrected chi connectivity index (χ2v) is 3.80. The molecule has 72 valence electrons. The Morgan fingerprint density at radius 1 is 1.62 bits per heavy atom. The fourth-order valence-electron chi connectivity index (χ4n) is 0.983. The molecule has 1 unspecified atom stereocenters. The van der Waals surface area contributed by atoms with Crippen LogP contribution < -0.4 is 5.90 Å². The first-order valence-electron chi connectivity index (χ1n) is 3.57. The van der Waals surface area contributed by atoms with Gasteiger partial charge in [-0.25, -0.2) is 10.3 Å². The van der Waals surface area contributed by atoms with Gasteiger partial charge in [0.25, 0.3) is 0 Å². The number of nitrogens with two attached hydrogens (primary N) is 1. The van der Waals surface area contributed by atoms with E-state index < -0.39 is 11.9 Å². The maximum atomic E-state index is 13.4. The zero-order chi connectivity index (χ0) is 10.0. The predicted molar refractivity (Wildman–Crippen MR) is 52.8 cm³/mol. The van der Waals surface area contributed by atoms with Crippen molar-refractivity contribution < 1.29 is 9.23 Å². The average Bonchev–Trinajstić information content (AvgIpc) is 2.12. The maximum absolute atomic E-state index is 13.4. The summed E-state index contributed by atoms with van der Waals surface area (Å²) in [5, 5.41) is 0.0575. The van der Waals surface area contributed by atoms with Gasteiger partial charge in [0, 0.05) is 10.0 Å². The van der Waals surface area contributed by atoms with Crippen molar-refractivity contribution in [3.63, 3.8) is 0 Å². The van der Waals surface area contributed by atoms with Crippen LogP contribution in [0.25, 0.3) is 0 Å². The molecule has 1 aromatic rings. The zero-order valence-corrected chi connectivity index (χ0v) is 9.19. The minimum Gasteiger partial charge on any atom is -0.297 e. The molecule has 0 saturated heterocycles. The third kappa shape index (κ3) is 2.20. The lowest BCUT2D eigenvalue weighted by molar-refractivity contribution is 0.0633. The van der Waals surface area contributed by atoms with Crippen LogP contribution in [0.3, 0.4) is 0 Å². The SMILES string of the molecule is CC(ON)c1c(Br)ccc(Cl)c1F. The van der Waals surface area contributed by atoms with Crippen molar-refractivity contribution in [2.75, 3.05) is 0 Å². The predicted octanol–water partition coefficient (Wildman–Crippen LogP) is 3.19. The van der Waals surface area contributed by atoms with Crippen molar-refractivity contribution in [3.05, 3.63) is 33.0 Å². The molecule has 13 heavy (non-hydrogen) atoms. The summed E-state index contributed by atoms with van der Waals surface area (Å²) in [6.45, 7) is 1.64. The van der Waals surface area contributed by atoms with Gasteiger partial charge in [-0.3, -0.25) is 4.84 Å². The van der Waals surface area contributed by atoms with Gasteiger partial charge in [0.2, 0.25) is 0 Å². The van der Waals surface area contributed by atoms with Crippen LogP contribution in [0, 0.1) is 5.82 Å². The Morgan fingerprint density at radius 2 is 2.23 bits per heavy atom. The summed E-state index contributed by atoms with van der Waals surface area (Å²) in [7, 11) is 0. The van der Waals surface area contributed by atoms with E-state index in [1.807, 2.05) is 0 Å². The van der Waals surface area contributed by atoms with Crippen molar-refractivity contribution in [1.29, 1.82) is 0 Å². The molecule has 2 N–H and O–H groups in total. The minimum absolute atomic E-state index is 0.0575. The molecule has 0 aliphatic heterocycles. The monoisotopic (exact) mass is 267 g/mol. The third-order valence-electron chi connectivity index (χ3n) is 1.69. The summed E-state index contributed by atoms with van der Waals surface area (Å²) in [5.41, 5.74) is 0.329. The first-order valence-corrected chi connectivity index (χ1v) is 4.74. The second-order valence-electron chi connectivity index (χ2n) is 2.54. The lowest BCUT2D eigenvalue weighted by atomic mass is 10.1. The van der Waals surface area contributed by atoms with Crippen LogP contribution in [-0.2, 0) is 4.84 Å². The van der Waals surface area contributed by atoms with Crippen molar-refractivity contribution in [2.24, 2.45) is 5.90 Å². The van der Waals surface area contributed by atoms with Gasteiger partial charge in [-0.05, 0) is 19.1 Å². The summed E-state index contributed by atoms with van der Waals surface area (Å²) in [6.07, 6.45) is -0.534. The first-order chi connectivity index (χ1) is 6.07.